The first-order valence-electron chi connectivity index (χ1n) is 8.50. The maximum atomic E-state index is 12.1. The van der Waals surface area contributed by atoms with Crippen LogP contribution in [0, 0.1) is 0 Å². The second-order valence-corrected chi connectivity index (χ2v) is 6.11. The zero-order valence-electron chi connectivity index (χ0n) is 14.3. The number of hydrogen-bond acceptors (Lipinski definition) is 3. The lowest BCUT2D eigenvalue weighted by Gasteiger charge is -2.26. The Balaban J connectivity index is 1.47. The molecule has 2 aromatic rings. The van der Waals surface area contributed by atoms with Gasteiger partial charge in [0, 0.05) is 31.3 Å². The molecule has 0 saturated carbocycles. The smallest absolute Gasteiger partial charge is 0.227 e. The van der Waals surface area contributed by atoms with Gasteiger partial charge in [0.05, 0.1) is 6.61 Å². The van der Waals surface area contributed by atoms with Crippen molar-refractivity contribution in [3.63, 3.8) is 0 Å². The van der Waals surface area contributed by atoms with E-state index in [1.165, 1.54) is 0 Å². The Kier molecular flexibility index (Phi) is 5.33. The Morgan fingerprint density at radius 2 is 1.96 bits per heavy atom. The summed E-state index contributed by atoms with van der Waals surface area (Å²) in [7, 11) is 1.78. The molecule has 1 aliphatic heterocycles. The van der Waals surface area contributed by atoms with Crippen LogP contribution >= 0.6 is 0 Å². The van der Waals surface area contributed by atoms with Gasteiger partial charge in [0.1, 0.15) is 5.75 Å². The SMILES string of the molecule is CN1C(=O)CCc2cc(NC(=O)CCCOc3ccccc3)ccc21. The predicted octanol–water partition coefficient (Wildman–Crippen LogP) is 3.39. The number of nitrogens with one attached hydrogen (secondary N) is 1. The van der Waals surface area contributed by atoms with Gasteiger partial charge < -0.3 is 15.0 Å². The highest BCUT2D eigenvalue weighted by atomic mass is 16.5. The standard InChI is InChI=1S/C20H22N2O3/c1-22-18-11-10-16(14-15(18)9-12-20(22)24)21-19(23)8-5-13-25-17-6-3-2-4-7-17/h2-4,6-7,10-11,14H,5,8-9,12-13H2,1H3,(H,21,23). The van der Waals surface area contributed by atoms with Gasteiger partial charge in [-0.3, -0.25) is 9.59 Å². The molecule has 1 heterocycles. The quantitative estimate of drug-likeness (QED) is 0.821. The van der Waals surface area contributed by atoms with E-state index >= 15 is 0 Å². The zero-order chi connectivity index (χ0) is 17.6. The van der Waals surface area contributed by atoms with Gasteiger partial charge in [0.2, 0.25) is 11.8 Å². The number of ether oxygens (including phenoxy) is 1. The lowest BCUT2D eigenvalue weighted by atomic mass is 10.0. The summed E-state index contributed by atoms with van der Waals surface area (Å²) >= 11 is 0. The topological polar surface area (TPSA) is 58.6 Å². The van der Waals surface area contributed by atoms with Crippen molar-refractivity contribution in [2.45, 2.75) is 25.7 Å². The summed E-state index contributed by atoms with van der Waals surface area (Å²) in [5.41, 5.74) is 2.79. The number of carbonyl (C=O) groups is 2. The molecule has 1 N–H and O–H groups in total. The van der Waals surface area contributed by atoms with E-state index in [9.17, 15) is 9.59 Å². The van der Waals surface area contributed by atoms with E-state index in [2.05, 4.69) is 5.32 Å². The van der Waals surface area contributed by atoms with Crippen LogP contribution in [0.3, 0.4) is 0 Å². The number of anilines is 2. The molecular weight excluding hydrogens is 316 g/mol. The first-order valence-corrected chi connectivity index (χ1v) is 8.50. The van der Waals surface area contributed by atoms with E-state index < -0.39 is 0 Å². The molecule has 3 rings (SSSR count). The number of carbonyl (C=O) groups excluding carboxylic acids is 2. The fraction of sp³-hybridized carbons (Fsp3) is 0.300. The van der Waals surface area contributed by atoms with Gasteiger partial charge in [-0.1, -0.05) is 18.2 Å². The molecule has 2 aromatic carbocycles. The highest BCUT2D eigenvalue weighted by molar-refractivity contribution is 5.97. The fourth-order valence-corrected chi connectivity index (χ4v) is 2.90. The first kappa shape index (κ1) is 17.0. The molecular formula is C20H22N2O3. The van der Waals surface area contributed by atoms with E-state index in [1.54, 1.807) is 11.9 Å². The van der Waals surface area contributed by atoms with Crippen molar-refractivity contribution in [2.75, 3.05) is 23.9 Å². The van der Waals surface area contributed by atoms with Crippen LogP contribution in [0.25, 0.3) is 0 Å². The number of rotatable bonds is 6. The summed E-state index contributed by atoms with van der Waals surface area (Å²) in [6, 6.07) is 15.3. The third kappa shape index (κ3) is 4.38. The van der Waals surface area contributed by atoms with Gasteiger partial charge in [-0.2, -0.15) is 0 Å². The average molecular weight is 338 g/mol. The second-order valence-electron chi connectivity index (χ2n) is 6.11. The molecule has 25 heavy (non-hydrogen) atoms. The van der Waals surface area contributed by atoms with E-state index in [0.29, 0.717) is 32.3 Å². The normalized spacial score (nSPS) is 13.3. The van der Waals surface area contributed by atoms with Crippen molar-refractivity contribution in [2.24, 2.45) is 0 Å². The summed E-state index contributed by atoms with van der Waals surface area (Å²) < 4.78 is 5.59. The highest BCUT2D eigenvalue weighted by Gasteiger charge is 2.20. The molecule has 0 saturated heterocycles. The molecule has 5 heteroatoms. The van der Waals surface area contributed by atoms with Crippen LogP contribution in [-0.2, 0) is 16.0 Å². The minimum Gasteiger partial charge on any atom is -0.494 e. The monoisotopic (exact) mass is 338 g/mol. The molecule has 1 aliphatic rings. The Hall–Kier alpha value is -2.82. The molecule has 5 nitrogen and oxygen atoms in total. The summed E-state index contributed by atoms with van der Waals surface area (Å²) in [6.07, 6.45) is 2.29. The van der Waals surface area contributed by atoms with Crippen LogP contribution in [-0.4, -0.2) is 25.5 Å². The number of hydrogen-bond donors (Lipinski definition) is 1. The Morgan fingerprint density at radius 3 is 2.76 bits per heavy atom. The van der Waals surface area contributed by atoms with Crippen molar-refractivity contribution in [3.05, 3.63) is 54.1 Å². The van der Waals surface area contributed by atoms with E-state index in [4.69, 9.17) is 4.74 Å². The number of amides is 2. The Labute approximate surface area is 147 Å². The van der Waals surface area contributed by atoms with Gasteiger partial charge in [-0.15, -0.1) is 0 Å². The largest absolute Gasteiger partial charge is 0.494 e. The molecule has 0 unspecified atom stereocenters. The lowest BCUT2D eigenvalue weighted by molar-refractivity contribution is -0.118. The zero-order valence-corrected chi connectivity index (χ0v) is 14.3. The first-order chi connectivity index (χ1) is 12.1. The van der Waals surface area contributed by atoms with Gasteiger partial charge in [0.25, 0.3) is 0 Å². The van der Waals surface area contributed by atoms with Crippen molar-refractivity contribution in [1.82, 2.24) is 0 Å². The summed E-state index contributed by atoms with van der Waals surface area (Å²) in [6.45, 7) is 0.508. The van der Waals surface area contributed by atoms with Crippen LogP contribution in [0.5, 0.6) is 5.75 Å². The third-order valence-corrected chi connectivity index (χ3v) is 4.27. The Morgan fingerprint density at radius 1 is 1.16 bits per heavy atom. The lowest BCUT2D eigenvalue weighted by Crippen LogP contribution is -2.31. The molecule has 0 aliphatic carbocycles. The van der Waals surface area contributed by atoms with Crippen molar-refractivity contribution in [3.8, 4) is 5.75 Å². The van der Waals surface area contributed by atoms with Crippen molar-refractivity contribution >= 4 is 23.2 Å². The molecule has 0 fully saturated rings. The van der Waals surface area contributed by atoms with Crippen LogP contribution in [0.2, 0.25) is 0 Å². The predicted molar refractivity (Wildman–Crippen MR) is 98.0 cm³/mol. The van der Waals surface area contributed by atoms with Crippen LogP contribution < -0.4 is 15.0 Å². The number of aryl methyl sites for hydroxylation is 1. The maximum Gasteiger partial charge on any atom is 0.227 e. The summed E-state index contributed by atoms with van der Waals surface area (Å²) in [4.78, 5) is 25.5. The van der Waals surface area contributed by atoms with Crippen LogP contribution in [0.4, 0.5) is 11.4 Å². The van der Waals surface area contributed by atoms with Gasteiger partial charge in [-0.25, -0.2) is 0 Å². The molecule has 0 spiro atoms. The van der Waals surface area contributed by atoms with Gasteiger partial charge in [-0.05, 0) is 48.7 Å². The summed E-state index contributed by atoms with van der Waals surface area (Å²) in [5, 5.41) is 2.92. The summed E-state index contributed by atoms with van der Waals surface area (Å²) in [5.74, 6) is 0.913. The molecule has 2 amide bonds. The Bertz CT molecular complexity index is 759. The van der Waals surface area contributed by atoms with E-state index in [0.717, 1.165) is 22.7 Å². The number of benzene rings is 2. The van der Waals surface area contributed by atoms with Crippen LogP contribution in [0.1, 0.15) is 24.8 Å². The molecule has 130 valence electrons. The van der Waals surface area contributed by atoms with Gasteiger partial charge in [0.15, 0.2) is 0 Å². The van der Waals surface area contributed by atoms with Crippen molar-refractivity contribution in [1.29, 1.82) is 0 Å². The van der Waals surface area contributed by atoms with Crippen molar-refractivity contribution < 1.29 is 14.3 Å². The molecule has 0 bridgehead atoms. The van der Waals surface area contributed by atoms with E-state index in [1.807, 2.05) is 48.5 Å². The van der Waals surface area contributed by atoms with E-state index in [-0.39, 0.29) is 11.8 Å². The minimum absolute atomic E-state index is 0.0307. The van der Waals surface area contributed by atoms with Gasteiger partial charge >= 0.3 is 0 Å². The third-order valence-electron chi connectivity index (χ3n) is 4.27. The highest BCUT2D eigenvalue weighted by Crippen LogP contribution is 2.29. The minimum atomic E-state index is -0.0307. The molecule has 0 radical (unpaired) electrons. The average Bonchev–Trinajstić information content (AvgIpc) is 2.63. The number of nitrogens with zero attached hydrogens (tertiary/aromatic N) is 1. The fourth-order valence-electron chi connectivity index (χ4n) is 2.90. The second kappa shape index (κ2) is 7.83. The number of fused-ring (bicyclic) bond motifs is 1. The maximum absolute atomic E-state index is 12.1. The van der Waals surface area contributed by atoms with Crippen LogP contribution in [0.15, 0.2) is 48.5 Å². The number of para-hydroxylation sites is 1. The molecule has 0 atom stereocenters. The molecule has 0 aromatic heterocycles.